The van der Waals surface area contributed by atoms with Crippen molar-refractivity contribution in [1.82, 2.24) is 0 Å². The number of rotatable bonds is 19. The number of carboxylic acids is 1. The van der Waals surface area contributed by atoms with Crippen molar-refractivity contribution in [2.24, 2.45) is 0 Å². The Hall–Kier alpha value is 0.0100. The fraction of sp³-hybridized carbons (Fsp3) is 0.864. The van der Waals surface area contributed by atoms with Gasteiger partial charge in [-0.2, -0.15) is 0 Å². The zero-order valence-electron chi connectivity index (χ0n) is 17.6. The Morgan fingerprint density at radius 3 is 1.42 bits per heavy atom. The number of unbranched alkanes of at least 4 members (excludes halogenated alkanes) is 15. The van der Waals surface area contributed by atoms with Crippen LogP contribution < -0.4 is 34.7 Å². The number of hydrogen-bond acceptors (Lipinski definition) is 3. The molecular weight excluding hydrogens is 335 g/mol. The molecule has 3 nitrogen and oxygen atoms in total. The van der Waals surface area contributed by atoms with Gasteiger partial charge in [-0.3, -0.25) is 0 Å². The summed E-state index contributed by atoms with van der Waals surface area (Å²) in [6.07, 6.45) is 23.0. The van der Waals surface area contributed by atoms with E-state index in [4.69, 9.17) is 0 Å². The summed E-state index contributed by atoms with van der Waals surface area (Å²) in [7, 11) is 0. The maximum absolute atomic E-state index is 10.3. The zero-order chi connectivity index (χ0) is 18.6. The average Bonchev–Trinajstić information content (AvgIpc) is 2.59. The molecule has 0 rings (SSSR count). The van der Waals surface area contributed by atoms with E-state index in [1.165, 1.54) is 96.0 Å². The summed E-state index contributed by atoms with van der Waals surface area (Å²) in [6, 6.07) is 0. The van der Waals surface area contributed by atoms with E-state index in [1.54, 1.807) is 0 Å². The van der Waals surface area contributed by atoms with Gasteiger partial charge in [0.05, 0.1) is 5.76 Å². The van der Waals surface area contributed by atoms with Gasteiger partial charge in [-0.05, 0) is 12.5 Å². The van der Waals surface area contributed by atoms with Crippen molar-refractivity contribution in [3.63, 3.8) is 0 Å². The maximum atomic E-state index is 10.3. The molecule has 0 unspecified atom stereocenters. The number of carbonyl (C=O) groups excluding carboxylic acids is 1. The van der Waals surface area contributed by atoms with Crippen LogP contribution in [0.1, 0.15) is 122 Å². The number of carboxylic acid groups (broad SMARTS) is 1. The number of carbonyl (C=O) groups is 1. The number of aliphatic hydroxyl groups is 1. The topological polar surface area (TPSA) is 60.4 Å². The molecule has 0 aromatic rings. The van der Waals surface area contributed by atoms with Crippen LogP contribution >= 0.6 is 0 Å². The van der Waals surface area contributed by atoms with Gasteiger partial charge in [-0.1, -0.05) is 103 Å². The molecule has 0 spiro atoms. The molecule has 148 valence electrons. The number of allylic oxidation sites excluding steroid dienone is 1. The van der Waals surface area contributed by atoms with Gasteiger partial charge in [0.25, 0.3) is 0 Å². The van der Waals surface area contributed by atoms with Crippen molar-refractivity contribution < 1.29 is 44.6 Å². The number of hydrogen-bond donors (Lipinski definition) is 1. The second-order valence-corrected chi connectivity index (χ2v) is 7.32. The van der Waals surface area contributed by atoms with Crippen LogP contribution in [-0.4, -0.2) is 11.1 Å². The van der Waals surface area contributed by atoms with E-state index in [0.717, 1.165) is 12.8 Å². The largest absolute Gasteiger partial charge is 1.00 e. The van der Waals surface area contributed by atoms with E-state index in [0.29, 0.717) is 6.42 Å². The van der Waals surface area contributed by atoms with Crippen molar-refractivity contribution in [2.45, 2.75) is 122 Å². The fourth-order valence-electron chi connectivity index (χ4n) is 3.16. The van der Waals surface area contributed by atoms with Crippen LogP contribution in [0.25, 0.3) is 0 Å². The Balaban J connectivity index is 0. The predicted octanol–water partition coefficient (Wildman–Crippen LogP) is 3.22. The monoisotopic (exact) mass is 376 g/mol. The predicted molar refractivity (Wildman–Crippen MR) is 104 cm³/mol. The van der Waals surface area contributed by atoms with Crippen molar-refractivity contribution in [3.05, 3.63) is 11.8 Å². The van der Waals surface area contributed by atoms with Gasteiger partial charge in [0.2, 0.25) is 0 Å². The second-order valence-electron chi connectivity index (χ2n) is 7.32. The van der Waals surface area contributed by atoms with Crippen molar-refractivity contribution in [2.75, 3.05) is 0 Å². The van der Waals surface area contributed by atoms with E-state index in [9.17, 15) is 15.0 Å². The van der Waals surface area contributed by atoms with E-state index < -0.39 is 5.97 Å². The molecule has 0 heterocycles. The Labute approximate surface area is 184 Å². The van der Waals surface area contributed by atoms with Gasteiger partial charge in [0.15, 0.2) is 0 Å². The van der Waals surface area contributed by atoms with Crippen molar-refractivity contribution in [3.8, 4) is 0 Å². The molecule has 4 heteroatoms. The van der Waals surface area contributed by atoms with E-state index in [1.807, 2.05) is 0 Å². The molecule has 0 aliphatic carbocycles. The first-order chi connectivity index (χ1) is 12.2. The molecule has 26 heavy (non-hydrogen) atoms. The molecule has 0 bridgehead atoms. The second kappa shape index (κ2) is 23.0. The van der Waals surface area contributed by atoms with E-state index in [2.05, 4.69) is 6.92 Å². The summed E-state index contributed by atoms with van der Waals surface area (Å²) >= 11 is 0. The van der Waals surface area contributed by atoms with Crippen LogP contribution in [0, 0.1) is 0 Å². The summed E-state index contributed by atoms with van der Waals surface area (Å²) in [5.41, 5.74) is 0. The Bertz CT molecular complexity index is 329. The molecule has 0 atom stereocenters. The zero-order valence-corrected chi connectivity index (χ0v) is 19.6. The first kappa shape index (κ1) is 28.2. The molecule has 0 aliphatic heterocycles. The average molecular weight is 377 g/mol. The van der Waals surface area contributed by atoms with E-state index >= 15 is 0 Å². The molecule has 0 fully saturated rings. The Morgan fingerprint density at radius 2 is 1.08 bits per heavy atom. The van der Waals surface area contributed by atoms with Gasteiger partial charge in [0, 0.05) is 18.8 Å². The number of aliphatic hydroxyl groups excluding tert-OH is 1. The molecule has 0 saturated carbocycles. The molecule has 0 radical (unpaired) electrons. The minimum absolute atomic E-state index is 0. The van der Waals surface area contributed by atoms with Crippen LogP contribution in [0.15, 0.2) is 11.8 Å². The maximum Gasteiger partial charge on any atom is 1.00 e. The molecule has 0 amide bonds. The third-order valence-electron chi connectivity index (χ3n) is 4.79. The first-order valence-electron chi connectivity index (χ1n) is 10.7. The molecule has 0 aliphatic rings. The van der Waals surface area contributed by atoms with E-state index in [-0.39, 0.29) is 41.7 Å². The molecule has 1 N–H and O–H groups in total. The van der Waals surface area contributed by atoms with Crippen molar-refractivity contribution >= 4 is 5.97 Å². The Kier molecular flexibility index (Phi) is 25.0. The summed E-state index contributed by atoms with van der Waals surface area (Å²) < 4.78 is 0. The normalized spacial score (nSPS) is 11.3. The quantitative estimate of drug-likeness (QED) is 0.214. The van der Waals surface area contributed by atoms with Crippen LogP contribution in [-0.2, 0) is 4.79 Å². The van der Waals surface area contributed by atoms with Crippen LogP contribution in [0.3, 0.4) is 0 Å². The Morgan fingerprint density at radius 1 is 0.731 bits per heavy atom. The summed E-state index contributed by atoms with van der Waals surface area (Å²) in [5.74, 6) is -0.951. The molecule has 0 saturated heterocycles. The first-order valence-corrected chi connectivity index (χ1v) is 10.7. The molecular formula is C22H41NaO3. The van der Waals surface area contributed by atoms with Crippen LogP contribution in [0.2, 0.25) is 0 Å². The molecule has 0 aromatic heterocycles. The molecule has 0 aromatic carbocycles. The van der Waals surface area contributed by atoms with Crippen LogP contribution in [0.4, 0.5) is 0 Å². The van der Waals surface area contributed by atoms with Gasteiger partial charge < -0.3 is 15.0 Å². The standard InChI is InChI=1S/C22H42O3.Na/c1-2-3-4-5-6-7-8-9-10-11-12-13-14-15-16-17-18-21(23)19-20-22(24)25;/h19,23H,2-18,20H2,1H3,(H,24,25);/q;+1/p-1. The summed E-state index contributed by atoms with van der Waals surface area (Å²) in [4.78, 5) is 10.3. The third-order valence-corrected chi connectivity index (χ3v) is 4.79. The van der Waals surface area contributed by atoms with Gasteiger partial charge in [-0.15, -0.1) is 0 Å². The third kappa shape index (κ3) is 24.0. The minimum Gasteiger partial charge on any atom is -0.550 e. The van der Waals surface area contributed by atoms with Gasteiger partial charge in [0.1, 0.15) is 0 Å². The SMILES string of the molecule is CCCCCCCCCCCCCCCCCCC(O)=CCC(=O)[O-].[Na+]. The van der Waals surface area contributed by atoms with Gasteiger partial charge in [-0.25, -0.2) is 0 Å². The van der Waals surface area contributed by atoms with Crippen LogP contribution in [0.5, 0.6) is 0 Å². The fourth-order valence-corrected chi connectivity index (χ4v) is 3.16. The summed E-state index contributed by atoms with van der Waals surface area (Å²) in [5, 5.41) is 19.7. The number of aliphatic carboxylic acids is 1. The smallest absolute Gasteiger partial charge is 0.550 e. The van der Waals surface area contributed by atoms with Gasteiger partial charge >= 0.3 is 29.6 Å². The van der Waals surface area contributed by atoms with Crippen molar-refractivity contribution in [1.29, 1.82) is 0 Å². The summed E-state index contributed by atoms with van der Waals surface area (Å²) in [6.45, 7) is 2.27. The minimum atomic E-state index is -1.14.